The SMILES string of the molecule is Cc1cc2c3c(cccc3c1I)C(=O)NC2=O. The van der Waals surface area contributed by atoms with Crippen molar-refractivity contribution in [2.75, 3.05) is 0 Å². The molecule has 0 aromatic heterocycles. The molecule has 0 atom stereocenters. The predicted molar refractivity (Wildman–Crippen MR) is 73.2 cm³/mol. The average Bonchev–Trinajstić information content (AvgIpc) is 2.31. The molecule has 0 saturated carbocycles. The van der Waals surface area contributed by atoms with Crippen molar-refractivity contribution in [3.05, 3.63) is 44.5 Å². The van der Waals surface area contributed by atoms with Gasteiger partial charge >= 0.3 is 0 Å². The van der Waals surface area contributed by atoms with Gasteiger partial charge in [-0.25, -0.2) is 0 Å². The zero-order valence-electron chi connectivity index (χ0n) is 9.00. The van der Waals surface area contributed by atoms with Crippen molar-refractivity contribution in [2.45, 2.75) is 6.92 Å². The average molecular weight is 337 g/mol. The summed E-state index contributed by atoms with van der Waals surface area (Å²) in [6.07, 6.45) is 0. The number of amides is 2. The molecule has 0 radical (unpaired) electrons. The number of carbonyl (C=O) groups is 2. The van der Waals surface area contributed by atoms with Crippen molar-refractivity contribution in [2.24, 2.45) is 0 Å². The molecule has 17 heavy (non-hydrogen) atoms. The fraction of sp³-hybridized carbons (Fsp3) is 0.0769. The van der Waals surface area contributed by atoms with Crippen LogP contribution in [0.25, 0.3) is 10.8 Å². The molecule has 0 bridgehead atoms. The van der Waals surface area contributed by atoms with Gasteiger partial charge in [0.05, 0.1) is 0 Å². The highest BCUT2D eigenvalue weighted by Gasteiger charge is 2.25. The van der Waals surface area contributed by atoms with Gasteiger partial charge in [0.15, 0.2) is 0 Å². The first-order valence-electron chi connectivity index (χ1n) is 5.17. The monoisotopic (exact) mass is 337 g/mol. The molecule has 4 heteroatoms. The van der Waals surface area contributed by atoms with Crippen LogP contribution in [0.5, 0.6) is 0 Å². The molecule has 2 amide bonds. The van der Waals surface area contributed by atoms with Crippen molar-refractivity contribution in [3.8, 4) is 0 Å². The maximum Gasteiger partial charge on any atom is 0.258 e. The smallest absolute Gasteiger partial charge is 0.258 e. The summed E-state index contributed by atoms with van der Waals surface area (Å²) in [7, 11) is 0. The number of carbonyl (C=O) groups excluding carboxylic acids is 2. The Morgan fingerprint density at radius 2 is 1.82 bits per heavy atom. The number of rotatable bonds is 0. The summed E-state index contributed by atoms with van der Waals surface area (Å²) in [6, 6.07) is 7.38. The number of hydrogen-bond acceptors (Lipinski definition) is 2. The third kappa shape index (κ3) is 1.40. The van der Waals surface area contributed by atoms with Crippen LogP contribution in [0.3, 0.4) is 0 Å². The van der Waals surface area contributed by atoms with Gasteiger partial charge in [0, 0.05) is 20.1 Å². The second-order valence-corrected chi connectivity index (χ2v) is 5.15. The lowest BCUT2D eigenvalue weighted by atomic mass is 9.93. The summed E-state index contributed by atoms with van der Waals surface area (Å²) in [5.74, 6) is -0.619. The topological polar surface area (TPSA) is 46.2 Å². The molecule has 1 heterocycles. The minimum atomic E-state index is -0.312. The van der Waals surface area contributed by atoms with E-state index in [-0.39, 0.29) is 11.8 Å². The Hall–Kier alpha value is -1.43. The number of hydrogen-bond donors (Lipinski definition) is 1. The van der Waals surface area contributed by atoms with Crippen molar-refractivity contribution in [1.82, 2.24) is 5.32 Å². The molecule has 1 aliphatic heterocycles. The standard InChI is InChI=1S/C13H8INO2/c1-6-5-9-10-7(11(6)14)3-2-4-8(10)12(16)15-13(9)17/h2-5H,1H3,(H,15,16,17). The molecule has 0 aliphatic carbocycles. The Balaban J connectivity index is 2.59. The van der Waals surface area contributed by atoms with Crippen molar-refractivity contribution < 1.29 is 9.59 Å². The van der Waals surface area contributed by atoms with Crippen LogP contribution in [0.2, 0.25) is 0 Å². The zero-order valence-corrected chi connectivity index (χ0v) is 11.2. The Morgan fingerprint density at radius 1 is 1.12 bits per heavy atom. The number of benzene rings is 2. The van der Waals surface area contributed by atoms with E-state index in [9.17, 15) is 9.59 Å². The van der Waals surface area contributed by atoms with Gasteiger partial charge in [0.25, 0.3) is 11.8 Å². The van der Waals surface area contributed by atoms with Gasteiger partial charge in [-0.15, -0.1) is 0 Å². The zero-order chi connectivity index (χ0) is 12.2. The molecular weight excluding hydrogens is 329 g/mol. The molecule has 1 aliphatic rings. The fourth-order valence-electron chi connectivity index (χ4n) is 2.20. The lowest BCUT2D eigenvalue weighted by Crippen LogP contribution is -2.34. The van der Waals surface area contributed by atoms with Gasteiger partial charge < -0.3 is 0 Å². The normalized spacial score (nSPS) is 14.0. The Labute approximate surface area is 111 Å². The Kier molecular flexibility index (Phi) is 2.22. The quantitative estimate of drug-likeness (QED) is 0.593. The van der Waals surface area contributed by atoms with E-state index in [2.05, 4.69) is 27.9 Å². The van der Waals surface area contributed by atoms with Crippen LogP contribution in [0, 0.1) is 10.5 Å². The second-order valence-electron chi connectivity index (χ2n) is 4.07. The molecule has 3 nitrogen and oxygen atoms in total. The van der Waals surface area contributed by atoms with E-state index >= 15 is 0 Å². The molecule has 0 saturated heterocycles. The second kappa shape index (κ2) is 3.53. The van der Waals surface area contributed by atoms with Gasteiger partial charge in [-0.1, -0.05) is 12.1 Å². The van der Waals surface area contributed by atoms with E-state index in [1.165, 1.54) is 0 Å². The summed E-state index contributed by atoms with van der Waals surface area (Å²) in [6.45, 7) is 1.97. The summed E-state index contributed by atoms with van der Waals surface area (Å²) in [5.41, 5.74) is 2.22. The van der Waals surface area contributed by atoms with E-state index < -0.39 is 0 Å². The molecule has 2 aromatic carbocycles. The first-order chi connectivity index (χ1) is 8.09. The Morgan fingerprint density at radius 3 is 2.59 bits per heavy atom. The van der Waals surface area contributed by atoms with Gasteiger partial charge in [0.1, 0.15) is 0 Å². The predicted octanol–water partition coefficient (Wildman–Crippen LogP) is 2.64. The van der Waals surface area contributed by atoms with Gasteiger partial charge in [-0.05, 0) is 52.6 Å². The largest absolute Gasteiger partial charge is 0.288 e. The molecule has 2 aromatic rings. The third-order valence-corrected chi connectivity index (χ3v) is 4.43. The van der Waals surface area contributed by atoms with Crippen molar-refractivity contribution in [3.63, 3.8) is 0 Å². The lowest BCUT2D eigenvalue weighted by Gasteiger charge is -2.18. The molecule has 1 N–H and O–H groups in total. The molecule has 3 rings (SSSR count). The van der Waals surface area contributed by atoms with E-state index in [1.807, 2.05) is 25.1 Å². The summed E-state index contributed by atoms with van der Waals surface area (Å²) < 4.78 is 1.09. The van der Waals surface area contributed by atoms with Crippen molar-refractivity contribution >= 4 is 45.2 Å². The number of nitrogens with one attached hydrogen (secondary N) is 1. The number of halogens is 1. The summed E-state index contributed by atoms with van der Waals surface area (Å²) >= 11 is 2.25. The van der Waals surface area contributed by atoms with Gasteiger partial charge in [-0.2, -0.15) is 0 Å². The van der Waals surface area contributed by atoms with Crippen LogP contribution in [-0.4, -0.2) is 11.8 Å². The van der Waals surface area contributed by atoms with Crippen LogP contribution < -0.4 is 5.32 Å². The highest BCUT2D eigenvalue weighted by molar-refractivity contribution is 14.1. The minimum absolute atomic E-state index is 0.307. The van der Waals surface area contributed by atoms with Gasteiger partial charge in [-0.3, -0.25) is 14.9 Å². The van der Waals surface area contributed by atoms with Crippen LogP contribution >= 0.6 is 22.6 Å². The highest BCUT2D eigenvalue weighted by Crippen LogP contribution is 2.31. The number of aryl methyl sites for hydroxylation is 1. The fourth-order valence-corrected chi connectivity index (χ4v) is 2.80. The minimum Gasteiger partial charge on any atom is -0.288 e. The summed E-state index contributed by atoms with van der Waals surface area (Å²) in [4.78, 5) is 23.6. The maximum atomic E-state index is 11.8. The lowest BCUT2D eigenvalue weighted by molar-refractivity contribution is 0.0845. The van der Waals surface area contributed by atoms with Crippen LogP contribution in [-0.2, 0) is 0 Å². The number of imide groups is 1. The molecule has 0 fully saturated rings. The van der Waals surface area contributed by atoms with E-state index in [1.54, 1.807) is 6.07 Å². The first kappa shape index (κ1) is 10.7. The van der Waals surface area contributed by atoms with Crippen LogP contribution in [0.15, 0.2) is 24.3 Å². The first-order valence-corrected chi connectivity index (χ1v) is 6.25. The van der Waals surface area contributed by atoms with E-state index in [4.69, 9.17) is 0 Å². The molecule has 84 valence electrons. The third-order valence-electron chi connectivity index (χ3n) is 2.99. The Bertz CT molecular complexity index is 691. The van der Waals surface area contributed by atoms with Crippen LogP contribution in [0.4, 0.5) is 0 Å². The van der Waals surface area contributed by atoms with Crippen LogP contribution in [0.1, 0.15) is 26.3 Å². The van der Waals surface area contributed by atoms with Crippen molar-refractivity contribution in [1.29, 1.82) is 0 Å². The van der Waals surface area contributed by atoms with E-state index in [0.717, 1.165) is 19.9 Å². The van der Waals surface area contributed by atoms with Gasteiger partial charge in [0.2, 0.25) is 0 Å². The molecule has 0 spiro atoms. The molecule has 0 unspecified atom stereocenters. The highest BCUT2D eigenvalue weighted by atomic mass is 127. The molecular formula is C13H8INO2. The maximum absolute atomic E-state index is 11.8. The van der Waals surface area contributed by atoms with E-state index in [0.29, 0.717) is 11.1 Å². The summed E-state index contributed by atoms with van der Waals surface area (Å²) in [5, 5.41) is 4.11.